The molecule has 1 N–H and O–H groups in total. The van der Waals surface area contributed by atoms with E-state index in [0.717, 1.165) is 18.0 Å². The van der Waals surface area contributed by atoms with E-state index in [-0.39, 0.29) is 11.9 Å². The zero-order valence-corrected chi connectivity index (χ0v) is 10.9. The Kier molecular flexibility index (Phi) is 5.42. The van der Waals surface area contributed by atoms with Crippen molar-refractivity contribution in [3.63, 3.8) is 0 Å². The predicted molar refractivity (Wildman–Crippen MR) is 66.3 cm³/mol. The summed E-state index contributed by atoms with van der Waals surface area (Å²) in [5, 5.41) is 3.21. The molecule has 0 bridgehead atoms. The first-order valence-corrected chi connectivity index (χ1v) is 6.46. The molecule has 0 saturated carbocycles. The lowest BCUT2D eigenvalue weighted by Crippen LogP contribution is -2.44. The van der Waals surface area contributed by atoms with Crippen molar-refractivity contribution in [1.82, 2.24) is 15.2 Å². The van der Waals surface area contributed by atoms with Crippen molar-refractivity contribution >= 4 is 17.2 Å². The van der Waals surface area contributed by atoms with Crippen molar-refractivity contribution in [2.75, 3.05) is 13.1 Å². The number of aromatic nitrogens is 1. The number of amides is 1. The Morgan fingerprint density at radius 1 is 1.56 bits per heavy atom. The molecule has 1 rings (SSSR count). The van der Waals surface area contributed by atoms with Crippen LogP contribution in [0.3, 0.4) is 0 Å². The number of likely N-dealkylation sites (N-methyl/N-ethyl adjacent to an activating group) is 1. The van der Waals surface area contributed by atoms with Crippen LogP contribution in [-0.2, 0) is 11.3 Å². The Bertz CT molecular complexity index is 309. The molecule has 0 aliphatic heterocycles. The van der Waals surface area contributed by atoms with Crippen LogP contribution in [-0.4, -0.2) is 34.9 Å². The molecular weight excluding hydrogens is 222 g/mol. The van der Waals surface area contributed by atoms with Gasteiger partial charge in [0, 0.05) is 30.7 Å². The smallest absolute Gasteiger partial charge is 0.239 e. The summed E-state index contributed by atoms with van der Waals surface area (Å²) >= 11 is 1.60. The van der Waals surface area contributed by atoms with Gasteiger partial charge in [-0.2, -0.15) is 0 Å². The second-order valence-electron chi connectivity index (χ2n) is 3.58. The fourth-order valence-corrected chi connectivity index (χ4v) is 2.03. The van der Waals surface area contributed by atoms with Gasteiger partial charge < -0.3 is 10.2 Å². The normalized spacial score (nSPS) is 12.4. The molecule has 0 aliphatic carbocycles. The van der Waals surface area contributed by atoms with Crippen molar-refractivity contribution in [3.8, 4) is 0 Å². The molecule has 90 valence electrons. The Labute approximate surface area is 101 Å². The van der Waals surface area contributed by atoms with Gasteiger partial charge in [0.2, 0.25) is 5.91 Å². The van der Waals surface area contributed by atoms with E-state index in [1.165, 1.54) is 0 Å². The molecule has 5 heteroatoms. The first-order chi connectivity index (χ1) is 7.69. The van der Waals surface area contributed by atoms with Crippen molar-refractivity contribution in [3.05, 3.63) is 16.6 Å². The number of rotatable bonds is 6. The zero-order chi connectivity index (χ0) is 12.0. The van der Waals surface area contributed by atoms with Crippen LogP contribution in [0, 0.1) is 0 Å². The summed E-state index contributed by atoms with van der Waals surface area (Å²) in [7, 11) is 0. The van der Waals surface area contributed by atoms with E-state index in [4.69, 9.17) is 0 Å². The number of carbonyl (C=O) groups is 1. The third-order valence-corrected chi connectivity index (χ3v) is 3.29. The molecular formula is C11H19N3OS. The summed E-state index contributed by atoms with van der Waals surface area (Å²) in [5.41, 5.74) is 1.80. The Morgan fingerprint density at radius 2 is 2.25 bits per heavy atom. The molecule has 1 aromatic rings. The highest BCUT2D eigenvalue weighted by atomic mass is 32.1. The lowest BCUT2D eigenvalue weighted by molar-refractivity contribution is -0.132. The average Bonchev–Trinajstić information content (AvgIpc) is 2.80. The summed E-state index contributed by atoms with van der Waals surface area (Å²) in [6.07, 6.45) is 1.83. The molecule has 4 nitrogen and oxygen atoms in total. The molecule has 1 amide bonds. The summed E-state index contributed by atoms with van der Waals surface area (Å²) in [6, 6.07) is -0.137. The van der Waals surface area contributed by atoms with E-state index in [0.29, 0.717) is 6.54 Å². The van der Waals surface area contributed by atoms with Crippen LogP contribution in [0.15, 0.2) is 11.7 Å². The monoisotopic (exact) mass is 241 g/mol. The van der Waals surface area contributed by atoms with Gasteiger partial charge in [-0.1, -0.05) is 0 Å². The van der Waals surface area contributed by atoms with Gasteiger partial charge in [-0.3, -0.25) is 9.78 Å². The summed E-state index contributed by atoms with van der Waals surface area (Å²) in [4.78, 5) is 18.9. The molecule has 0 aromatic carbocycles. The van der Waals surface area contributed by atoms with Crippen molar-refractivity contribution in [1.29, 1.82) is 0 Å². The van der Waals surface area contributed by atoms with Crippen LogP contribution in [0.25, 0.3) is 0 Å². The van der Waals surface area contributed by atoms with Crippen LogP contribution >= 0.6 is 11.3 Å². The van der Waals surface area contributed by atoms with E-state index in [1.807, 2.05) is 31.9 Å². The molecule has 0 fully saturated rings. The lowest BCUT2D eigenvalue weighted by atomic mass is 10.2. The number of thiazole rings is 1. The van der Waals surface area contributed by atoms with E-state index >= 15 is 0 Å². The van der Waals surface area contributed by atoms with Gasteiger partial charge in [0.15, 0.2) is 0 Å². The predicted octanol–water partition coefficient (Wildman–Crippen LogP) is 1.49. The van der Waals surface area contributed by atoms with E-state index in [1.54, 1.807) is 16.8 Å². The highest BCUT2D eigenvalue weighted by Crippen LogP contribution is 2.05. The number of nitrogens with one attached hydrogen (secondary N) is 1. The molecule has 1 atom stereocenters. The fraction of sp³-hybridized carbons (Fsp3) is 0.636. The van der Waals surface area contributed by atoms with Crippen LogP contribution in [0.1, 0.15) is 25.6 Å². The molecule has 16 heavy (non-hydrogen) atoms. The molecule has 1 heterocycles. The second kappa shape index (κ2) is 6.60. The highest BCUT2D eigenvalue weighted by Gasteiger charge is 2.17. The van der Waals surface area contributed by atoms with Gasteiger partial charge in [0.1, 0.15) is 0 Å². The fourth-order valence-electron chi connectivity index (χ4n) is 1.48. The molecule has 1 aromatic heterocycles. The number of hydrogen-bond donors (Lipinski definition) is 1. The van der Waals surface area contributed by atoms with Crippen LogP contribution in [0.5, 0.6) is 0 Å². The Hall–Kier alpha value is -0.940. The summed E-state index contributed by atoms with van der Waals surface area (Å²) in [6.45, 7) is 8.14. The maximum Gasteiger partial charge on any atom is 0.239 e. The summed E-state index contributed by atoms with van der Waals surface area (Å²) in [5.74, 6) is 0.162. The first kappa shape index (κ1) is 13.1. The third-order valence-electron chi connectivity index (χ3n) is 2.51. The zero-order valence-electron chi connectivity index (χ0n) is 10.1. The third kappa shape index (κ3) is 3.57. The molecule has 0 saturated heterocycles. The first-order valence-electron chi connectivity index (χ1n) is 5.58. The van der Waals surface area contributed by atoms with Crippen LogP contribution < -0.4 is 5.32 Å². The molecule has 0 radical (unpaired) electrons. The Morgan fingerprint density at radius 3 is 2.75 bits per heavy atom. The SMILES string of the molecule is CCN(CC)C(=O)C(C)NCc1cncs1. The number of hydrogen-bond acceptors (Lipinski definition) is 4. The maximum atomic E-state index is 11.9. The highest BCUT2D eigenvalue weighted by molar-refractivity contribution is 7.09. The maximum absolute atomic E-state index is 11.9. The largest absolute Gasteiger partial charge is 0.342 e. The van der Waals surface area contributed by atoms with Crippen LogP contribution in [0.4, 0.5) is 0 Å². The Balaban J connectivity index is 2.39. The number of carbonyl (C=O) groups excluding carboxylic acids is 1. The van der Waals surface area contributed by atoms with Gasteiger partial charge in [0.25, 0.3) is 0 Å². The van der Waals surface area contributed by atoms with Crippen molar-refractivity contribution in [2.45, 2.75) is 33.4 Å². The molecule has 0 spiro atoms. The van der Waals surface area contributed by atoms with E-state index < -0.39 is 0 Å². The minimum Gasteiger partial charge on any atom is -0.342 e. The van der Waals surface area contributed by atoms with Crippen molar-refractivity contribution < 1.29 is 4.79 Å². The standard InChI is InChI=1S/C11H19N3OS/c1-4-14(5-2)11(15)9(3)13-7-10-6-12-8-16-10/h6,8-9,13H,4-5,7H2,1-3H3. The van der Waals surface area contributed by atoms with Crippen molar-refractivity contribution in [2.24, 2.45) is 0 Å². The topological polar surface area (TPSA) is 45.2 Å². The quantitative estimate of drug-likeness (QED) is 0.820. The number of nitrogens with zero attached hydrogens (tertiary/aromatic N) is 2. The van der Waals surface area contributed by atoms with Gasteiger partial charge in [-0.25, -0.2) is 0 Å². The van der Waals surface area contributed by atoms with Gasteiger partial charge >= 0.3 is 0 Å². The van der Waals surface area contributed by atoms with E-state index in [9.17, 15) is 4.79 Å². The summed E-state index contributed by atoms with van der Waals surface area (Å²) < 4.78 is 0. The molecule has 0 aliphatic rings. The van der Waals surface area contributed by atoms with E-state index in [2.05, 4.69) is 10.3 Å². The minimum atomic E-state index is -0.137. The second-order valence-corrected chi connectivity index (χ2v) is 4.55. The van der Waals surface area contributed by atoms with Crippen LogP contribution in [0.2, 0.25) is 0 Å². The molecule has 1 unspecified atom stereocenters. The average molecular weight is 241 g/mol. The minimum absolute atomic E-state index is 0.137. The lowest BCUT2D eigenvalue weighted by Gasteiger charge is -2.23. The van der Waals surface area contributed by atoms with Gasteiger partial charge in [-0.15, -0.1) is 11.3 Å². The van der Waals surface area contributed by atoms with Gasteiger partial charge in [0.05, 0.1) is 11.6 Å². The van der Waals surface area contributed by atoms with Gasteiger partial charge in [-0.05, 0) is 20.8 Å².